The maximum absolute atomic E-state index is 12.7. The molecule has 35 heavy (non-hydrogen) atoms. The first-order chi connectivity index (χ1) is 16.6. The molecule has 3 atom stereocenters. The van der Waals surface area contributed by atoms with E-state index in [0.717, 1.165) is 22.3 Å². The number of nitrogens with one attached hydrogen (secondary N) is 2. The molecule has 2 amide bonds. The highest BCUT2D eigenvalue weighted by atomic mass is 19.4. The molecule has 0 heterocycles. The molecule has 2 aliphatic carbocycles. The fourth-order valence-corrected chi connectivity index (χ4v) is 4.95. The summed E-state index contributed by atoms with van der Waals surface area (Å²) in [5.41, 5.74) is 4.25. The van der Waals surface area contributed by atoms with Crippen LogP contribution in [0.25, 0.3) is 11.1 Å². The van der Waals surface area contributed by atoms with Gasteiger partial charge in [-0.2, -0.15) is 13.2 Å². The van der Waals surface area contributed by atoms with Crippen molar-refractivity contribution in [3.8, 4) is 11.1 Å². The van der Waals surface area contributed by atoms with E-state index in [9.17, 15) is 27.6 Å². The molecule has 0 bridgehead atoms. The number of amides is 2. The van der Waals surface area contributed by atoms with Crippen molar-refractivity contribution in [3.63, 3.8) is 0 Å². The van der Waals surface area contributed by atoms with Gasteiger partial charge in [0.2, 0.25) is 5.91 Å². The molecule has 0 spiro atoms. The summed E-state index contributed by atoms with van der Waals surface area (Å²) >= 11 is 0. The molecule has 186 valence electrons. The summed E-state index contributed by atoms with van der Waals surface area (Å²) in [6.07, 6.45) is -5.85. The van der Waals surface area contributed by atoms with Gasteiger partial charge in [-0.05, 0) is 35.1 Å². The summed E-state index contributed by atoms with van der Waals surface area (Å²) in [5, 5.41) is 13.7. The Morgan fingerprint density at radius 2 is 1.60 bits per heavy atom. The molecule has 0 aliphatic heterocycles. The van der Waals surface area contributed by atoms with Crippen LogP contribution in [0.3, 0.4) is 0 Å². The Labute approximate surface area is 199 Å². The lowest BCUT2D eigenvalue weighted by Gasteiger charge is -2.23. The number of carbonyl (C=O) groups excluding carboxylic acids is 2. The maximum Gasteiger partial charge on any atom is 0.407 e. The van der Waals surface area contributed by atoms with Crippen molar-refractivity contribution in [1.82, 2.24) is 10.6 Å². The number of benzene rings is 2. The van der Waals surface area contributed by atoms with E-state index in [1.807, 2.05) is 53.8 Å². The number of hydrogen-bond donors (Lipinski definition) is 3. The molecular weight excluding hydrogens is 465 g/mol. The molecule has 0 aromatic heterocycles. The van der Waals surface area contributed by atoms with Gasteiger partial charge in [0.1, 0.15) is 12.6 Å². The monoisotopic (exact) mass is 490 g/mol. The summed E-state index contributed by atoms with van der Waals surface area (Å²) in [6.45, 7) is 0.0795. The van der Waals surface area contributed by atoms with Crippen molar-refractivity contribution in [2.75, 3.05) is 6.61 Å². The van der Waals surface area contributed by atoms with Gasteiger partial charge in [0, 0.05) is 12.0 Å². The first kappa shape index (κ1) is 24.6. The molecule has 2 aliphatic rings. The van der Waals surface area contributed by atoms with Gasteiger partial charge in [0.25, 0.3) is 0 Å². The van der Waals surface area contributed by atoms with Gasteiger partial charge < -0.3 is 20.5 Å². The summed E-state index contributed by atoms with van der Waals surface area (Å²) in [4.78, 5) is 36.3. The number of alkyl carbamates (subject to hydrolysis) is 1. The minimum Gasteiger partial charge on any atom is -0.480 e. The molecule has 7 nitrogen and oxygen atoms in total. The zero-order valence-corrected chi connectivity index (χ0v) is 18.7. The van der Waals surface area contributed by atoms with Crippen molar-refractivity contribution in [3.05, 3.63) is 59.7 Å². The van der Waals surface area contributed by atoms with E-state index in [2.05, 4.69) is 5.32 Å². The second kappa shape index (κ2) is 9.97. The van der Waals surface area contributed by atoms with Crippen molar-refractivity contribution < 1.29 is 37.4 Å². The van der Waals surface area contributed by atoms with E-state index in [0.29, 0.717) is 19.3 Å². The Hall–Kier alpha value is -3.56. The molecule has 1 fully saturated rings. The number of alkyl halides is 3. The van der Waals surface area contributed by atoms with Crippen LogP contribution in [0.4, 0.5) is 18.0 Å². The highest BCUT2D eigenvalue weighted by Crippen LogP contribution is 2.44. The lowest BCUT2D eigenvalue weighted by atomic mass is 9.98. The number of carboxylic acid groups (broad SMARTS) is 1. The van der Waals surface area contributed by atoms with E-state index in [4.69, 9.17) is 9.84 Å². The molecule has 2 aromatic carbocycles. The van der Waals surface area contributed by atoms with Gasteiger partial charge in [-0.25, -0.2) is 9.59 Å². The number of carbonyl (C=O) groups is 3. The highest BCUT2D eigenvalue weighted by Gasteiger charge is 2.40. The SMILES string of the molecule is O=C(N[C@@H]1CCC[C@@H]1C(=O)NC(CC(F)(F)F)C(=O)O)OCC1c2ccccc2-c2ccccc21. The maximum atomic E-state index is 12.7. The standard InChI is InChI=1S/C25H25F3N2O5/c26-25(27,28)12-21(23(32)33)29-22(31)18-10-5-11-20(18)30-24(34)35-13-19-16-8-3-1-6-14(16)15-7-2-4-9-17(15)19/h1-4,6-9,18-21H,5,10-13H2,(H,29,31)(H,30,34)(H,32,33)/t18-,20+,21?/m0/s1. The van der Waals surface area contributed by atoms with Crippen LogP contribution in [0.1, 0.15) is 42.7 Å². The first-order valence-corrected chi connectivity index (χ1v) is 11.4. The summed E-state index contributed by atoms with van der Waals surface area (Å²) in [6, 6.07) is 13.0. The normalized spacial score (nSPS) is 20.0. The lowest BCUT2D eigenvalue weighted by Crippen LogP contribution is -2.50. The van der Waals surface area contributed by atoms with Crippen LogP contribution in [0, 0.1) is 5.92 Å². The van der Waals surface area contributed by atoms with Gasteiger partial charge in [-0.3, -0.25) is 4.79 Å². The van der Waals surface area contributed by atoms with Crippen LogP contribution in [0.15, 0.2) is 48.5 Å². The predicted molar refractivity (Wildman–Crippen MR) is 120 cm³/mol. The third kappa shape index (κ3) is 5.58. The predicted octanol–water partition coefficient (Wildman–Crippen LogP) is 4.22. The van der Waals surface area contributed by atoms with Gasteiger partial charge in [0.15, 0.2) is 0 Å². The fourth-order valence-electron chi connectivity index (χ4n) is 4.95. The van der Waals surface area contributed by atoms with Gasteiger partial charge in [-0.1, -0.05) is 55.0 Å². The Kier molecular flexibility index (Phi) is 7.00. The second-order valence-corrected chi connectivity index (χ2v) is 8.83. The molecular formula is C25H25F3N2O5. The number of hydrogen-bond acceptors (Lipinski definition) is 4. The van der Waals surface area contributed by atoms with E-state index < -0.39 is 48.6 Å². The smallest absolute Gasteiger partial charge is 0.407 e. The largest absolute Gasteiger partial charge is 0.480 e. The van der Waals surface area contributed by atoms with E-state index in [1.54, 1.807) is 0 Å². The molecule has 3 N–H and O–H groups in total. The average Bonchev–Trinajstić information content (AvgIpc) is 3.39. The number of carboxylic acids is 1. The van der Waals surface area contributed by atoms with Gasteiger partial charge in [0.05, 0.1) is 12.3 Å². The third-order valence-corrected chi connectivity index (χ3v) is 6.55. The van der Waals surface area contributed by atoms with Gasteiger partial charge in [-0.15, -0.1) is 0 Å². The number of ether oxygens (including phenoxy) is 1. The third-order valence-electron chi connectivity index (χ3n) is 6.55. The Morgan fingerprint density at radius 1 is 1.00 bits per heavy atom. The van der Waals surface area contributed by atoms with Crippen LogP contribution < -0.4 is 10.6 Å². The molecule has 4 rings (SSSR count). The first-order valence-electron chi connectivity index (χ1n) is 11.4. The highest BCUT2D eigenvalue weighted by molar-refractivity contribution is 5.86. The number of rotatable bonds is 7. The van der Waals surface area contributed by atoms with Crippen molar-refractivity contribution >= 4 is 18.0 Å². The molecule has 0 radical (unpaired) electrons. The number of halogens is 3. The van der Waals surface area contributed by atoms with Gasteiger partial charge >= 0.3 is 18.2 Å². The quantitative estimate of drug-likeness (QED) is 0.539. The molecule has 0 saturated heterocycles. The Bertz CT molecular complexity index is 1070. The Morgan fingerprint density at radius 3 is 2.17 bits per heavy atom. The van der Waals surface area contributed by atoms with Crippen LogP contribution >= 0.6 is 0 Å². The van der Waals surface area contributed by atoms with Crippen LogP contribution in [0.2, 0.25) is 0 Å². The zero-order chi connectivity index (χ0) is 25.2. The second-order valence-electron chi connectivity index (χ2n) is 8.83. The Balaban J connectivity index is 1.36. The van der Waals surface area contributed by atoms with E-state index in [1.165, 1.54) is 0 Å². The summed E-state index contributed by atoms with van der Waals surface area (Å²) in [5.74, 6) is -3.59. The summed E-state index contributed by atoms with van der Waals surface area (Å²) < 4.78 is 43.4. The van der Waals surface area contributed by atoms with Crippen molar-refractivity contribution in [2.24, 2.45) is 5.92 Å². The molecule has 1 unspecified atom stereocenters. The summed E-state index contributed by atoms with van der Waals surface area (Å²) in [7, 11) is 0. The average molecular weight is 490 g/mol. The van der Waals surface area contributed by atoms with Crippen LogP contribution in [-0.2, 0) is 14.3 Å². The van der Waals surface area contributed by atoms with E-state index in [-0.39, 0.29) is 12.5 Å². The van der Waals surface area contributed by atoms with Crippen molar-refractivity contribution in [2.45, 2.75) is 49.9 Å². The lowest BCUT2D eigenvalue weighted by molar-refractivity contribution is -0.160. The minimum atomic E-state index is -4.75. The molecule has 10 heteroatoms. The topological polar surface area (TPSA) is 105 Å². The minimum absolute atomic E-state index is 0.0795. The molecule has 2 aromatic rings. The number of fused-ring (bicyclic) bond motifs is 3. The fraction of sp³-hybridized carbons (Fsp3) is 0.400. The molecule has 1 saturated carbocycles. The van der Waals surface area contributed by atoms with Crippen LogP contribution in [-0.4, -0.2) is 47.9 Å². The zero-order valence-electron chi connectivity index (χ0n) is 18.7. The number of aliphatic carboxylic acids is 1. The van der Waals surface area contributed by atoms with Crippen LogP contribution in [0.5, 0.6) is 0 Å². The van der Waals surface area contributed by atoms with E-state index >= 15 is 0 Å². The van der Waals surface area contributed by atoms with Crippen molar-refractivity contribution in [1.29, 1.82) is 0 Å².